The summed E-state index contributed by atoms with van der Waals surface area (Å²) in [6.07, 6.45) is 0. The molecule has 20 heavy (non-hydrogen) atoms. The lowest BCUT2D eigenvalue weighted by atomic mass is 10.1. The van der Waals surface area contributed by atoms with Gasteiger partial charge in [-0.1, -0.05) is 0 Å². The molecule has 0 heterocycles. The Morgan fingerprint density at radius 1 is 1.25 bits per heavy atom. The number of thiol groups is 1. The maximum atomic E-state index is 12.1. The molecule has 2 rings (SSSR count). The molecule has 0 fully saturated rings. The third kappa shape index (κ3) is 3.11. The lowest BCUT2D eigenvalue weighted by molar-refractivity contribution is 0.102. The summed E-state index contributed by atoms with van der Waals surface area (Å²) in [6, 6.07) is 13.7. The first kappa shape index (κ1) is 14.0. The average Bonchev–Trinajstić information content (AvgIpc) is 2.48. The Morgan fingerprint density at radius 2 is 1.95 bits per heavy atom. The zero-order chi connectivity index (χ0) is 14.5. The molecular formula is C15H12N2O2S. The first-order chi connectivity index (χ1) is 9.63. The van der Waals surface area contributed by atoms with Crippen molar-refractivity contribution >= 4 is 24.2 Å². The maximum Gasteiger partial charge on any atom is 0.255 e. The molecule has 0 aromatic heterocycles. The zero-order valence-electron chi connectivity index (χ0n) is 10.8. The minimum absolute atomic E-state index is 0.249. The summed E-state index contributed by atoms with van der Waals surface area (Å²) in [5, 5.41) is 11.6. The molecule has 1 amide bonds. The lowest BCUT2D eigenvalue weighted by Gasteiger charge is -2.10. The number of ether oxygens (including phenoxy) is 1. The van der Waals surface area contributed by atoms with E-state index in [1.165, 1.54) is 7.11 Å². The van der Waals surface area contributed by atoms with Gasteiger partial charge in [0.25, 0.3) is 5.91 Å². The number of amides is 1. The molecule has 0 aliphatic rings. The molecule has 0 aliphatic heterocycles. The number of nitrogens with zero attached hydrogens (tertiary/aromatic N) is 1. The molecule has 0 unspecified atom stereocenters. The van der Waals surface area contributed by atoms with Crippen LogP contribution < -0.4 is 10.1 Å². The third-order valence-corrected chi connectivity index (χ3v) is 3.01. The van der Waals surface area contributed by atoms with E-state index in [0.717, 1.165) is 4.90 Å². The molecule has 2 aromatic rings. The quantitative estimate of drug-likeness (QED) is 0.851. The lowest BCUT2D eigenvalue weighted by Crippen LogP contribution is -2.12. The standard InChI is InChI=1S/C15H12N2O2S/c1-19-14-8-10(9-16)2-7-13(14)17-15(18)11-3-5-12(20)6-4-11/h2-8,20H,1H3,(H,17,18). The summed E-state index contributed by atoms with van der Waals surface area (Å²) in [5.74, 6) is 0.199. The largest absolute Gasteiger partial charge is 0.495 e. The number of benzene rings is 2. The van der Waals surface area contributed by atoms with Gasteiger partial charge in [-0.15, -0.1) is 12.6 Å². The van der Waals surface area contributed by atoms with Crippen LogP contribution in [0.1, 0.15) is 15.9 Å². The Hall–Kier alpha value is -2.45. The molecule has 0 saturated carbocycles. The first-order valence-electron chi connectivity index (χ1n) is 5.82. The number of hydrogen-bond acceptors (Lipinski definition) is 4. The van der Waals surface area contributed by atoms with Gasteiger partial charge in [-0.2, -0.15) is 5.26 Å². The fourth-order valence-corrected chi connectivity index (χ4v) is 1.82. The molecule has 1 N–H and O–H groups in total. The topological polar surface area (TPSA) is 62.1 Å². The van der Waals surface area contributed by atoms with Crippen molar-refractivity contribution in [2.24, 2.45) is 0 Å². The smallest absolute Gasteiger partial charge is 0.255 e. The summed E-state index contributed by atoms with van der Waals surface area (Å²) in [7, 11) is 1.49. The van der Waals surface area contributed by atoms with Crippen LogP contribution in [0.25, 0.3) is 0 Å². The fraction of sp³-hybridized carbons (Fsp3) is 0.0667. The molecule has 0 saturated heterocycles. The van der Waals surface area contributed by atoms with Gasteiger partial charge in [0.1, 0.15) is 5.75 Å². The molecule has 4 nitrogen and oxygen atoms in total. The Morgan fingerprint density at radius 3 is 2.55 bits per heavy atom. The Bertz CT molecular complexity index is 675. The third-order valence-electron chi connectivity index (χ3n) is 2.71. The molecule has 5 heteroatoms. The van der Waals surface area contributed by atoms with Crippen LogP contribution in [-0.4, -0.2) is 13.0 Å². The Balaban J connectivity index is 2.23. The van der Waals surface area contributed by atoms with Crippen molar-refractivity contribution in [2.45, 2.75) is 4.90 Å². The van der Waals surface area contributed by atoms with Gasteiger partial charge in [0.15, 0.2) is 0 Å². The fourth-order valence-electron chi connectivity index (χ4n) is 1.67. The van der Waals surface area contributed by atoms with Crippen LogP contribution in [0, 0.1) is 11.3 Å². The Kier molecular flexibility index (Phi) is 4.28. The number of hydrogen-bond donors (Lipinski definition) is 2. The van der Waals surface area contributed by atoms with E-state index in [9.17, 15) is 4.79 Å². The summed E-state index contributed by atoms with van der Waals surface area (Å²) < 4.78 is 5.17. The zero-order valence-corrected chi connectivity index (χ0v) is 11.6. The SMILES string of the molecule is COc1cc(C#N)ccc1NC(=O)c1ccc(S)cc1. The van der Waals surface area contributed by atoms with Gasteiger partial charge >= 0.3 is 0 Å². The summed E-state index contributed by atoms with van der Waals surface area (Å²) in [5.41, 5.74) is 1.51. The van der Waals surface area contributed by atoms with E-state index in [2.05, 4.69) is 17.9 Å². The first-order valence-corrected chi connectivity index (χ1v) is 6.27. The molecule has 100 valence electrons. The van der Waals surface area contributed by atoms with Crippen LogP contribution in [0.3, 0.4) is 0 Å². The van der Waals surface area contributed by atoms with Crippen LogP contribution in [0.5, 0.6) is 5.75 Å². The second-order valence-corrected chi connectivity index (χ2v) is 4.54. The van der Waals surface area contributed by atoms with Crippen molar-refractivity contribution < 1.29 is 9.53 Å². The highest BCUT2D eigenvalue weighted by Crippen LogP contribution is 2.25. The molecule has 0 atom stereocenters. The second kappa shape index (κ2) is 6.13. The highest BCUT2D eigenvalue weighted by molar-refractivity contribution is 7.80. The predicted molar refractivity (Wildman–Crippen MR) is 79.4 cm³/mol. The minimum Gasteiger partial charge on any atom is -0.495 e. The summed E-state index contributed by atoms with van der Waals surface area (Å²) in [4.78, 5) is 12.9. The number of anilines is 1. The number of carbonyl (C=O) groups excluding carboxylic acids is 1. The monoisotopic (exact) mass is 284 g/mol. The molecule has 0 spiro atoms. The normalized spacial score (nSPS) is 9.65. The van der Waals surface area contributed by atoms with Crippen LogP contribution in [0.2, 0.25) is 0 Å². The van der Waals surface area contributed by atoms with Crippen molar-refractivity contribution in [3.8, 4) is 11.8 Å². The van der Waals surface area contributed by atoms with Gasteiger partial charge < -0.3 is 10.1 Å². The Labute approximate surface area is 122 Å². The molecule has 0 radical (unpaired) electrons. The molecular weight excluding hydrogens is 272 g/mol. The van der Waals surface area contributed by atoms with Gasteiger partial charge in [-0.05, 0) is 36.4 Å². The van der Waals surface area contributed by atoms with Crippen molar-refractivity contribution in [3.05, 3.63) is 53.6 Å². The van der Waals surface area contributed by atoms with Crippen LogP contribution >= 0.6 is 12.6 Å². The number of carbonyl (C=O) groups is 1. The molecule has 0 bridgehead atoms. The highest BCUT2D eigenvalue weighted by atomic mass is 32.1. The van der Waals surface area contributed by atoms with Crippen LogP contribution in [-0.2, 0) is 0 Å². The highest BCUT2D eigenvalue weighted by Gasteiger charge is 2.10. The summed E-state index contributed by atoms with van der Waals surface area (Å²) >= 11 is 4.17. The van der Waals surface area contributed by atoms with Crippen molar-refractivity contribution in [2.75, 3.05) is 12.4 Å². The van der Waals surface area contributed by atoms with Crippen LogP contribution in [0.15, 0.2) is 47.4 Å². The summed E-state index contributed by atoms with van der Waals surface area (Å²) in [6.45, 7) is 0. The van der Waals surface area contributed by atoms with Crippen molar-refractivity contribution in [1.82, 2.24) is 0 Å². The van der Waals surface area contributed by atoms with E-state index in [1.54, 1.807) is 42.5 Å². The van der Waals surface area contributed by atoms with E-state index >= 15 is 0 Å². The van der Waals surface area contributed by atoms with Crippen LogP contribution in [0.4, 0.5) is 5.69 Å². The van der Waals surface area contributed by atoms with E-state index in [4.69, 9.17) is 10.00 Å². The van der Waals surface area contributed by atoms with Gasteiger partial charge in [0.05, 0.1) is 24.4 Å². The molecule has 0 aliphatic carbocycles. The van der Waals surface area contributed by atoms with E-state index in [0.29, 0.717) is 22.6 Å². The number of rotatable bonds is 3. The van der Waals surface area contributed by atoms with Gasteiger partial charge in [-0.3, -0.25) is 4.79 Å². The van der Waals surface area contributed by atoms with Gasteiger partial charge in [-0.25, -0.2) is 0 Å². The number of nitriles is 1. The number of nitrogens with one attached hydrogen (secondary N) is 1. The molecule has 2 aromatic carbocycles. The van der Waals surface area contributed by atoms with Crippen molar-refractivity contribution in [1.29, 1.82) is 5.26 Å². The predicted octanol–water partition coefficient (Wildman–Crippen LogP) is 3.11. The van der Waals surface area contributed by atoms with Crippen molar-refractivity contribution in [3.63, 3.8) is 0 Å². The van der Waals surface area contributed by atoms with Gasteiger partial charge in [0.2, 0.25) is 0 Å². The van der Waals surface area contributed by atoms with Gasteiger partial charge in [0, 0.05) is 16.5 Å². The average molecular weight is 284 g/mol. The van der Waals surface area contributed by atoms with E-state index in [1.807, 2.05) is 6.07 Å². The number of methoxy groups -OCH3 is 1. The van der Waals surface area contributed by atoms with E-state index in [-0.39, 0.29) is 5.91 Å². The van der Waals surface area contributed by atoms with E-state index < -0.39 is 0 Å². The minimum atomic E-state index is -0.249. The maximum absolute atomic E-state index is 12.1. The second-order valence-electron chi connectivity index (χ2n) is 4.03.